The number of carbonyl (C=O) groups is 4. The molecular formula is C15H23NO6S. The summed E-state index contributed by atoms with van der Waals surface area (Å²) in [6.07, 6.45) is 0.712. The average molecular weight is 345 g/mol. The zero-order chi connectivity index (χ0) is 17.9. The molecule has 1 saturated heterocycles. The van der Waals surface area contributed by atoms with E-state index in [4.69, 9.17) is 0 Å². The molecule has 0 spiro atoms. The molecule has 1 rings (SSSR count). The number of hydrogen-bond acceptors (Lipinski definition) is 6. The van der Waals surface area contributed by atoms with E-state index in [1.54, 1.807) is 20.8 Å². The second-order valence-corrected chi connectivity index (χ2v) is 8.59. The Labute approximate surface area is 136 Å². The molecule has 0 aromatic rings. The van der Waals surface area contributed by atoms with Crippen molar-refractivity contribution in [2.45, 2.75) is 46.1 Å². The van der Waals surface area contributed by atoms with Gasteiger partial charge < -0.3 is 0 Å². The van der Waals surface area contributed by atoms with Crippen LogP contribution < -0.4 is 0 Å². The number of carbonyl (C=O) groups excluding carboxylic acids is 4. The monoisotopic (exact) mass is 345 g/mol. The van der Waals surface area contributed by atoms with Crippen LogP contribution in [-0.4, -0.2) is 54.7 Å². The van der Waals surface area contributed by atoms with Gasteiger partial charge in [-0.15, -0.1) is 0 Å². The molecule has 2 unspecified atom stereocenters. The predicted octanol–water partition coefficient (Wildman–Crippen LogP) is 0.369. The Bertz CT molecular complexity index is 622. The molecule has 0 radical (unpaired) electrons. The molecule has 23 heavy (non-hydrogen) atoms. The summed E-state index contributed by atoms with van der Waals surface area (Å²) in [5.74, 6) is -3.16. The number of nitrogens with zero attached hydrogens (tertiary/aromatic N) is 1. The quantitative estimate of drug-likeness (QED) is 0.588. The predicted molar refractivity (Wildman–Crippen MR) is 83.2 cm³/mol. The summed E-state index contributed by atoms with van der Waals surface area (Å²) in [6.45, 7) is 4.97. The molecule has 2 amide bonds. The molecule has 130 valence electrons. The normalized spacial score (nSPS) is 20.2. The largest absolute Gasteiger partial charge is 0.299 e. The molecule has 0 bridgehead atoms. The molecule has 1 aliphatic heterocycles. The summed E-state index contributed by atoms with van der Waals surface area (Å²) < 4.78 is 23.2. The number of amides is 2. The third-order valence-electron chi connectivity index (χ3n) is 3.81. The van der Waals surface area contributed by atoms with Gasteiger partial charge in [-0.25, -0.2) is 8.42 Å². The number of sulfone groups is 1. The van der Waals surface area contributed by atoms with Gasteiger partial charge in [0.2, 0.25) is 11.8 Å². The van der Waals surface area contributed by atoms with E-state index >= 15 is 0 Å². The van der Waals surface area contributed by atoms with E-state index in [0.717, 1.165) is 11.2 Å². The summed E-state index contributed by atoms with van der Waals surface area (Å²) in [6, 6.07) is -1.34. The van der Waals surface area contributed by atoms with Gasteiger partial charge in [0.05, 0.1) is 5.75 Å². The molecule has 0 aromatic carbocycles. The number of hydrogen-bond donors (Lipinski definition) is 0. The minimum absolute atomic E-state index is 0.0253. The Hall–Kier alpha value is -1.57. The van der Waals surface area contributed by atoms with E-state index in [0.29, 0.717) is 0 Å². The van der Waals surface area contributed by atoms with Gasteiger partial charge in [-0.2, -0.15) is 0 Å². The fraction of sp³-hybridized carbons (Fsp3) is 0.733. The van der Waals surface area contributed by atoms with Crippen LogP contribution in [0.1, 0.15) is 40.0 Å². The first-order valence-corrected chi connectivity index (χ1v) is 9.59. The summed E-state index contributed by atoms with van der Waals surface area (Å²) in [5.41, 5.74) is 0. The maximum absolute atomic E-state index is 12.4. The van der Waals surface area contributed by atoms with Crippen LogP contribution in [0.5, 0.6) is 0 Å². The molecular weight excluding hydrogens is 322 g/mol. The van der Waals surface area contributed by atoms with E-state index in [-0.39, 0.29) is 31.0 Å². The van der Waals surface area contributed by atoms with Crippen molar-refractivity contribution in [1.82, 2.24) is 4.90 Å². The highest BCUT2D eigenvalue weighted by Gasteiger charge is 2.43. The molecule has 0 aliphatic carbocycles. The lowest BCUT2D eigenvalue weighted by Crippen LogP contribution is -2.48. The van der Waals surface area contributed by atoms with Crippen LogP contribution in [0.2, 0.25) is 0 Å². The van der Waals surface area contributed by atoms with E-state index < -0.39 is 45.1 Å². The van der Waals surface area contributed by atoms with Gasteiger partial charge in [-0.1, -0.05) is 20.8 Å². The number of Topliss-reactive ketones (excluding diaryl/α,β-unsaturated/α-hetero) is 2. The van der Waals surface area contributed by atoms with Crippen LogP contribution in [0.3, 0.4) is 0 Å². The summed E-state index contributed by atoms with van der Waals surface area (Å²) in [4.78, 5) is 48.8. The number of likely N-dealkylation sites (tertiary alicyclic amines) is 1. The van der Waals surface area contributed by atoms with Gasteiger partial charge in [-0.3, -0.25) is 24.1 Å². The standard InChI is InChI=1S/C15H23NO6S/c1-9(2)12(17)5-6-13(18)11(8-23(4,21)22)16-14(19)7-10(3)15(16)20/h9-11H,5-8H2,1-4H3. The highest BCUT2D eigenvalue weighted by molar-refractivity contribution is 7.90. The zero-order valence-electron chi connectivity index (χ0n) is 13.9. The molecule has 8 heteroatoms. The first kappa shape index (κ1) is 19.5. The Morgan fingerprint density at radius 1 is 1.17 bits per heavy atom. The summed E-state index contributed by atoms with van der Waals surface area (Å²) in [7, 11) is -3.58. The van der Waals surface area contributed by atoms with Crippen molar-refractivity contribution in [3.8, 4) is 0 Å². The zero-order valence-corrected chi connectivity index (χ0v) is 14.7. The van der Waals surface area contributed by atoms with Crippen molar-refractivity contribution < 1.29 is 27.6 Å². The van der Waals surface area contributed by atoms with Crippen LogP contribution in [0.25, 0.3) is 0 Å². The van der Waals surface area contributed by atoms with Gasteiger partial charge in [0.25, 0.3) is 0 Å². The number of ketones is 2. The van der Waals surface area contributed by atoms with Crippen molar-refractivity contribution in [3.63, 3.8) is 0 Å². The van der Waals surface area contributed by atoms with E-state index in [2.05, 4.69) is 0 Å². The SMILES string of the molecule is CC(C)C(=O)CCC(=O)C(CS(C)(=O)=O)N1C(=O)CC(C)C1=O. The average Bonchev–Trinajstić information content (AvgIpc) is 2.65. The van der Waals surface area contributed by atoms with Crippen LogP contribution in [-0.2, 0) is 29.0 Å². The lowest BCUT2D eigenvalue weighted by Gasteiger charge is -2.24. The molecule has 0 N–H and O–H groups in total. The molecule has 2 atom stereocenters. The Morgan fingerprint density at radius 2 is 1.70 bits per heavy atom. The molecule has 1 fully saturated rings. The van der Waals surface area contributed by atoms with Gasteiger partial charge in [0.15, 0.2) is 5.78 Å². The third kappa shape index (κ3) is 5.23. The van der Waals surface area contributed by atoms with E-state index in [1.807, 2.05) is 0 Å². The van der Waals surface area contributed by atoms with Crippen LogP contribution in [0, 0.1) is 11.8 Å². The van der Waals surface area contributed by atoms with Crippen molar-refractivity contribution in [1.29, 1.82) is 0 Å². The summed E-state index contributed by atoms with van der Waals surface area (Å²) in [5, 5.41) is 0. The Balaban J connectivity index is 2.97. The van der Waals surface area contributed by atoms with E-state index in [9.17, 15) is 27.6 Å². The van der Waals surface area contributed by atoms with Crippen molar-refractivity contribution in [3.05, 3.63) is 0 Å². The topological polar surface area (TPSA) is 106 Å². The maximum atomic E-state index is 12.4. The van der Waals surface area contributed by atoms with Gasteiger partial charge in [0.1, 0.15) is 21.7 Å². The van der Waals surface area contributed by atoms with E-state index in [1.165, 1.54) is 0 Å². The van der Waals surface area contributed by atoms with Crippen LogP contribution >= 0.6 is 0 Å². The minimum Gasteiger partial charge on any atom is -0.299 e. The Kier molecular flexibility index (Phi) is 6.21. The Morgan fingerprint density at radius 3 is 2.09 bits per heavy atom. The second-order valence-electron chi connectivity index (χ2n) is 6.40. The molecule has 7 nitrogen and oxygen atoms in total. The smallest absolute Gasteiger partial charge is 0.233 e. The number of imide groups is 1. The lowest BCUT2D eigenvalue weighted by molar-refractivity contribution is -0.146. The molecule has 0 saturated carbocycles. The van der Waals surface area contributed by atoms with Gasteiger partial charge in [0, 0.05) is 37.4 Å². The van der Waals surface area contributed by atoms with Crippen LogP contribution in [0.15, 0.2) is 0 Å². The molecule has 1 aliphatic rings. The van der Waals surface area contributed by atoms with Gasteiger partial charge >= 0.3 is 0 Å². The van der Waals surface area contributed by atoms with Crippen molar-refractivity contribution >= 4 is 33.2 Å². The fourth-order valence-corrected chi connectivity index (χ4v) is 3.34. The highest BCUT2D eigenvalue weighted by Crippen LogP contribution is 2.23. The maximum Gasteiger partial charge on any atom is 0.233 e. The van der Waals surface area contributed by atoms with Crippen molar-refractivity contribution in [2.75, 3.05) is 12.0 Å². The van der Waals surface area contributed by atoms with Crippen LogP contribution in [0.4, 0.5) is 0 Å². The lowest BCUT2D eigenvalue weighted by atomic mass is 10.0. The molecule has 1 heterocycles. The fourth-order valence-electron chi connectivity index (χ4n) is 2.44. The third-order valence-corrected chi connectivity index (χ3v) is 4.74. The molecule has 0 aromatic heterocycles. The first-order chi connectivity index (χ1) is 10.4. The summed E-state index contributed by atoms with van der Waals surface area (Å²) >= 11 is 0. The van der Waals surface area contributed by atoms with Gasteiger partial charge in [-0.05, 0) is 0 Å². The number of rotatable bonds is 8. The second kappa shape index (κ2) is 7.33. The first-order valence-electron chi connectivity index (χ1n) is 7.53. The minimum atomic E-state index is -3.58. The van der Waals surface area contributed by atoms with Crippen molar-refractivity contribution in [2.24, 2.45) is 11.8 Å². The highest BCUT2D eigenvalue weighted by atomic mass is 32.2.